The van der Waals surface area contributed by atoms with Gasteiger partial charge in [-0.25, -0.2) is 4.98 Å². The summed E-state index contributed by atoms with van der Waals surface area (Å²) in [6, 6.07) is 7.51. The fourth-order valence-corrected chi connectivity index (χ4v) is 2.97. The summed E-state index contributed by atoms with van der Waals surface area (Å²) in [5, 5.41) is 9.22. The molecule has 1 amide bonds. The van der Waals surface area contributed by atoms with E-state index in [-0.39, 0.29) is 11.7 Å². The van der Waals surface area contributed by atoms with Crippen LogP contribution in [0.25, 0.3) is 11.3 Å². The highest BCUT2D eigenvalue weighted by Crippen LogP contribution is 2.27. The Hall–Kier alpha value is -2.81. The Morgan fingerprint density at radius 3 is 2.62 bits per heavy atom. The molecule has 136 valence electrons. The van der Waals surface area contributed by atoms with Crippen molar-refractivity contribution in [2.45, 2.75) is 26.5 Å². The molecule has 0 fully saturated rings. The smallest absolute Gasteiger partial charge is 0.387 e. The number of aromatic nitrogens is 3. The zero-order valence-electron chi connectivity index (χ0n) is 14.0. The summed E-state index contributed by atoms with van der Waals surface area (Å²) in [7, 11) is 0. The number of nitrogens with one attached hydrogen (secondary N) is 1. The van der Waals surface area contributed by atoms with Crippen molar-refractivity contribution in [1.82, 2.24) is 14.8 Å². The number of carbonyl (C=O) groups excluding carboxylic acids is 1. The molecule has 0 aliphatic heterocycles. The van der Waals surface area contributed by atoms with Gasteiger partial charge < -0.3 is 10.1 Å². The maximum Gasteiger partial charge on any atom is 0.387 e. The van der Waals surface area contributed by atoms with E-state index < -0.39 is 12.7 Å². The lowest BCUT2D eigenvalue weighted by Gasteiger charge is -2.10. The molecular weight excluding hydrogens is 362 g/mol. The normalized spacial score (nSPS) is 12.2. The number of ether oxygens (including phenoxy) is 1. The van der Waals surface area contributed by atoms with E-state index in [1.807, 2.05) is 13.0 Å². The maximum atomic E-state index is 12.3. The second kappa shape index (κ2) is 7.61. The molecule has 1 N–H and O–H groups in total. The quantitative estimate of drug-likeness (QED) is 0.701. The summed E-state index contributed by atoms with van der Waals surface area (Å²) in [6.45, 7) is 0.742. The van der Waals surface area contributed by atoms with Crippen LogP contribution in [0.5, 0.6) is 5.75 Å². The Morgan fingerprint density at radius 2 is 2.00 bits per heavy atom. The Balaban J connectivity index is 1.66. The van der Waals surface area contributed by atoms with E-state index in [2.05, 4.69) is 20.1 Å². The molecular formula is C17H16F2N4O2S. The van der Waals surface area contributed by atoms with E-state index in [4.69, 9.17) is 0 Å². The molecule has 0 saturated heterocycles. The number of amides is 1. The van der Waals surface area contributed by atoms with E-state index in [0.29, 0.717) is 10.8 Å². The fourth-order valence-electron chi connectivity index (χ4n) is 2.25. The number of carbonyl (C=O) groups is 1. The van der Waals surface area contributed by atoms with Crippen LogP contribution >= 0.6 is 11.3 Å². The molecule has 3 rings (SSSR count). The Morgan fingerprint density at radius 1 is 1.27 bits per heavy atom. The highest BCUT2D eigenvalue weighted by molar-refractivity contribution is 7.14. The molecule has 0 spiro atoms. The van der Waals surface area contributed by atoms with Crippen LogP contribution in [0, 0.1) is 6.92 Å². The number of halogens is 2. The number of anilines is 1. The van der Waals surface area contributed by atoms with Crippen LogP contribution in [-0.2, 0) is 4.79 Å². The molecule has 1 atom stereocenters. The van der Waals surface area contributed by atoms with Gasteiger partial charge in [-0.1, -0.05) is 0 Å². The fraction of sp³-hybridized carbons (Fsp3) is 0.235. The van der Waals surface area contributed by atoms with Crippen LogP contribution < -0.4 is 10.1 Å². The average molecular weight is 378 g/mol. The molecule has 0 radical (unpaired) electrons. The minimum absolute atomic E-state index is 0.0795. The van der Waals surface area contributed by atoms with Crippen molar-refractivity contribution in [2.24, 2.45) is 0 Å². The van der Waals surface area contributed by atoms with E-state index in [1.54, 1.807) is 35.3 Å². The number of rotatable bonds is 6. The van der Waals surface area contributed by atoms with E-state index >= 15 is 0 Å². The van der Waals surface area contributed by atoms with Gasteiger partial charge in [0.25, 0.3) is 5.91 Å². The lowest BCUT2D eigenvalue weighted by Crippen LogP contribution is -2.24. The summed E-state index contributed by atoms with van der Waals surface area (Å²) in [5.74, 6) is -0.148. The number of hydrogen-bond donors (Lipinski definition) is 1. The molecule has 2 aromatic heterocycles. The molecule has 0 bridgehead atoms. The first kappa shape index (κ1) is 18.0. The van der Waals surface area contributed by atoms with Gasteiger partial charge in [0.05, 0.1) is 11.4 Å². The van der Waals surface area contributed by atoms with Crippen molar-refractivity contribution in [3.8, 4) is 17.0 Å². The first-order chi connectivity index (χ1) is 12.4. The van der Waals surface area contributed by atoms with E-state index in [1.165, 1.54) is 23.5 Å². The van der Waals surface area contributed by atoms with Gasteiger partial charge in [-0.2, -0.15) is 13.9 Å². The van der Waals surface area contributed by atoms with E-state index in [9.17, 15) is 13.6 Å². The highest BCUT2D eigenvalue weighted by Gasteiger charge is 2.17. The van der Waals surface area contributed by atoms with Crippen LogP contribution in [0.4, 0.5) is 13.9 Å². The molecule has 26 heavy (non-hydrogen) atoms. The maximum absolute atomic E-state index is 12.3. The number of thiazole rings is 1. The zero-order chi connectivity index (χ0) is 18.7. The minimum Gasteiger partial charge on any atom is -0.435 e. The van der Waals surface area contributed by atoms with Gasteiger partial charge in [0.15, 0.2) is 5.13 Å². The summed E-state index contributed by atoms with van der Waals surface area (Å²) in [5.41, 5.74) is 2.20. The molecule has 2 heterocycles. The predicted molar refractivity (Wildman–Crippen MR) is 94.5 cm³/mol. The molecule has 0 saturated carbocycles. The van der Waals surface area contributed by atoms with Crippen LogP contribution in [0.15, 0.2) is 41.9 Å². The minimum atomic E-state index is -2.86. The van der Waals surface area contributed by atoms with Gasteiger partial charge in [-0.3, -0.25) is 9.48 Å². The zero-order valence-corrected chi connectivity index (χ0v) is 14.8. The molecule has 3 aromatic rings. The molecule has 9 heteroatoms. The summed E-state index contributed by atoms with van der Waals surface area (Å²) < 4.78 is 30.3. The second-order valence-electron chi connectivity index (χ2n) is 5.54. The van der Waals surface area contributed by atoms with Gasteiger partial charge >= 0.3 is 6.61 Å². The van der Waals surface area contributed by atoms with Crippen molar-refractivity contribution in [2.75, 3.05) is 5.32 Å². The summed E-state index contributed by atoms with van der Waals surface area (Å²) in [6.07, 6.45) is 1.75. The molecule has 0 aliphatic rings. The van der Waals surface area contributed by atoms with E-state index in [0.717, 1.165) is 11.3 Å². The second-order valence-corrected chi connectivity index (χ2v) is 6.40. The van der Waals surface area contributed by atoms with Crippen molar-refractivity contribution in [3.05, 3.63) is 47.6 Å². The number of nitrogens with zero attached hydrogens (tertiary/aromatic N) is 3. The standard InChI is InChI=1S/C17H16F2N4O2S/c1-10-7-8-23(22-10)11(2)15(24)21-17-20-14(9-26-17)12-3-5-13(6-4-12)25-16(18)19/h3-9,11,16H,1-2H3,(H,20,21,24). The van der Waals surface area contributed by atoms with Gasteiger partial charge in [-0.05, 0) is 44.2 Å². The topological polar surface area (TPSA) is 69.0 Å². The SMILES string of the molecule is Cc1ccn(C(C)C(=O)Nc2nc(-c3ccc(OC(F)F)cc3)cs2)n1. The third-order valence-electron chi connectivity index (χ3n) is 3.63. The Kier molecular flexibility index (Phi) is 5.27. The number of benzene rings is 1. The van der Waals surface area contributed by atoms with Crippen molar-refractivity contribution >= 4 is 22.4 Å². The molecule has 1 unspecified atom stereocenters. The first-order valence-corrected chi connectivity index (χ1v) is 8.64. The monoisotopic (exact) mass is 378 g/mol. The lowest BCUT2D eigenvalue weighted by molar-refractivity contribution is -0.119. The molecule has 0 aliphatic carbocycles. The number of alkyl halides is 2. The average Bonchev–Trinajstić information content (AvgIpc) is 3.23. The lowest BCUT2D eigenvalue weighted by atomic mass is 10.2. The van der Waals surface area contributed by atoms with Gasteiger partial charge in [-0.15, -0.1) is 11.3 Å². The van der Waals surface area contributed by atoms with Crippen molar-refractivity contribution in [1.29, 1.82) is 0 Å². The number of aryl methyl sites for hydroxylation is 1. The summed E-state index contributed by atoms with van der Waals surface area (Å²) >= 11 is 1.28. The van der Waals surface area contributed by atoms with Crippen LogP contribution in [0.1, 0.15) is 18.7 Å². The van der Waals surface area contributed by atoms with Gasteiger partial charge in [0.2, 0.25) is 0 Å². The highest BCUT2D eigenvalue weighted by atomic mass is 32.1. The third-order valence-corrected chi connectivity index (χ3v) is 4.39. The largest absolute Gasteiger partial charge is 0.435 e. The molecule has 1 aromatic carbocycles. The van der Waals surface area contributed by atoms with Crippen LogP contribution in [0.2, 0.25) is 0 Å². The van der Waals surface area contributed by atoms with Crippen LogP contribution in [0.3, 0.4) is 0 Å². The third kappa shape index (κ3) is 4.23. The first-order valence-electron chi connectivity index (χ1n) is 7.76. The van der Waals surface area contributed by atoms with Gasteiger partial charge in [0.1, 0.15) is 11.8 Å². The van der Waals surface area contributed by atoms with Crippen molar-refractivity contribution < 1.29 is 18.3 Å². The Labute approximate surface area is 152 Å². The van der Waals surface area contributed by atoms with Gasteiger partial charge in [0, 0.05) is 17.1 Å². The summed E-state index contributed by atoms with van der Waals surface area (Å²) in [4.78, 5) is 16.7. The number of hydrogen-bond acceptors (Lipinski definition) is 5. The predicted octanol–water partition coefficient (Wildman–Crippen LogP) is 4.12. The van der Waals surface area contributed by atoms with Crippen molar-refractivity contribution in [3.63, 3.8) is 0 Å². The van der Waals surface area contributed by atoms with Crippen LogP contribution in [-0.4, -0.2) is 27.3 Å². The molecule has 6 nitrogen and oxygen atoms in total. The Bertz CT molecular complexity index is 892.